The molecular weight excluding hydrogens is 628 g/mol. The molecule has 0 saturated carbocycles. The molecule has 3 aromatic rings. The van der Waals surface area contributed by atoms with Gasteiger partial charge < -0.3 is 15.0 Å². The molecule has 1 atom stereocenters. The molecule has 1 amide bonds. The predicted molar refractivity (Wildman–Crippen MR) is 179 cm³/mol. The fourth-order valence-electron chi connectivity index (χ4n) is 6.44. The molecule has 2 aliphatic rings. The van der Waals surface area contributed by atoms with Crippen molar-refractivity contribution in [2.45, 2.75) is 83.1 Å². The predicted octanol–water partition coefficient (Wildman–Crippen LogP) is 5.66. The van der Waals surface area contributed by atoms with E-state index in [1.807, 2.05) is 30.3 Å². The van der Waals surface area contributed by atoms with Gasteiger partial charge in [-0.3, -0.25) is 14.0 Å². The molecule has 0 aliphatic carbocycles. The Hall–Kier alpha value is -3.09. The average molecular weight is 673 g/mol. The largest absolute Gasteiger partial charge is 0.466 e. The first-order valence-electron chi connectivity index (χ1n) is 16.2. The number of carbonyl (C=O) groups is 2. The highest BCUT2D eigenvalue weighted by Crippen LogP contribution is 2.38. The van der Waals surface area contributed by atoms with Gasteiger partial charge in [-0.15, -0.1) is 11.3 Å². The van der Waals surface area contributed by atoms with Gasteiger partial charge in [0.05, 0.1) is 34.2 Å². The van der Waals surface area contributed by atoms with Gasteiger partial charge in [-0.05, 0) is 86.1 Å². The standard InChI is InChI=1S/C34H45FN4O5S2/c1-4-44-31(40)11-7-8-24-18-25-21-34(2,3)22-36-32(25)29(19-24)46(42,43)38-27(20-30-37-26-9-5-6-10-28(26)45-30)33(41)39-16-13-23(12-15-35)14-17-39/h5-6,9-10,18-19,23,27,36,38H,4,7-8,11-17,20-22H2,1-3H3. The van der Waals surface area contributed by atoms with Crippen LogP contribution in [-0.2, 0) is 43.6 Å². The van der Waals surface area contributed by atoms with Crippen LogP contribution in [0.15, 0.2) is 41.3 Å². The molecule has 0 bridgehead atoms. The van der Waals surface area contributed by atoms with Crippen LogP contribution in [0.1, 0.15) is 69.0 Å². The van der Waals surface area contributed by atoms with Crippen LogP contribution in [0.4, 0.5) is 10.1 Å². The third kappa shape index (κ3) is 8.43. The molecular formula is C34H45FN4O5S2. The van der Waals surface area contributed by atoms with Crippen LogP contribution in [-0.4, -0.2) is 69.1 Å². The van der Waals surface area contributed by atoms with Gasteiger partial charge in [-0.25, -0.2) is 13.4 Å². The van der Waals surface area contributed by atoms with Crippen LogP contribution in [0.2, 0.25) is 0 Å². The number of nitrogens with one attached hydrogen (secondary N) is 2. The number of alkyl halides is 1. The first-order valence-corrected chi connectivity index (χ1v) is 18.5. The molecule has 1 fully saturated rings. The molecule has 1 saturated heterocycles. The summed E-state index contributed by atoms with van der Waals surface area (Å²) in [6.45, 7) is 7.50. The number of para-hydroxylation sites is 1. The van der Waals surface area contributed by atoms with Gasteiger partial charge in [-0.1, -0.05) is 32.0 Å². The molecule has 2 N–H and O–H groups in total. The van der Waals surface area contributed by atoms with Crippen molar-refractivity contribution in [3.8, 4) is 0 Å². The highest BCUT2D eigenvalue weighted by molar-refractivity contribution is 7.89. The fourth-order valence-corrected chi connectivity index (χ4v) is 8.91. The number of halogens is 1. The zero-order valence-electron chi connectivity index (χ0n) is 26.9. The molecule has 5 rings (SSSR count). The van der Waals surface area contributed by atoms with Crippen LogP contribution in [0.3, 0.4) is 0 Å². The number of esters is 1. The molecule has 46 heavy (non-hydrogen) atoms. The van der Waals surface area contributed by atoms with E-state index in [-0.39, 0.29) is 47.6 Å². The van der Waals surface area contributed by atoms with E-state index in [9.17, 15) is 22.4 Å². The minimum Gasteiger partial charge on any atom is -0.466 e. The summed E-state index contributed by atoms with van der Waals surface area (Å²) in [6, 6.07) is 10.3. The number of hydrogen-bond acceptors (Lipinski definition) is 8. The van der Waals surface area contributed by atoms with E-state index in [0.29, 0.717) is 75.5 Å². The monoisotopic (exact) mass is 672 g/mol. The van der Waals surface area contributed by atoms with Crippen molar-refractivity contribution in [1.82, 2.24) is 14.6 Å². The van der Waals surface area contributed by atoms with Gasteiger partial charge in [-0.2, -0.15) is 4.72 Å². The molecule has 9 nitrogen and oxygen atoms in total. The zero-order valence-corrected chi connectivity index (χ0v) is 28.6. The number of carbonyl (C=O) groups excluding carboxylic acids is 2. The van der Waals surface area contributed by atoms with E-state index in [1.54, 1.807) is 17.9 Å². The lowest BCUT2D eigenvalue weighted by molar-refractivity contribution is -0.143. The Morgan fingerprint density at radius 1 is 1.22 bits per heavy atom. The topological polar surface area (TPSA) is 118 Å². The number of anilines is 1. The summed E-state index contributed by atoms with van der Waals surface area (Å²) < 4.78 is 50.5. The molecule has 0 radical (unpaired) electrons. The van der Waals surface area contributed by atoms with Crippen molar-refractivity contribution >= 4 is 49.1 Å². The maximum atomic E-state index is 14.3. The highest BCUT2D eigenvalue weighted by Gasteiger charge is 2.36. The molecule has 250 valence electrons. The lowest BCUT2D eigenvalue weighted by atomic mass is 9.81. The van der Waals surface area contributed by atoms with Crippen molar-refractivity contribution in [3.63, 3.8) is 0 Å². The summed E-state index contributed by atoms with van der Waals surface area (Å²) in [6.07, 6.45) is 3.95. The second kappa shape index (κ2) is 14.8. The van der Waals surface area contributed by atoms with Crippen molar-refractivity contribution in [2.75, 3.05) is 38.2 Å². The Morgan fingerprint density at radius 3 is 2.70 bits per heavy atom. The van der Waals surface area contributed by atoms with E-state index in [2.05, 4.69) is 23.9 Å². The normalized spacial score (nSPS) is 17.3. The summed E-state index contributed by atoms with van der Waals surface area (Å²) >= 11 is 1.45. The quantitative estimate of drug-likeness (QED) is 0.225. The molecule has 1 aromatic heterocycles. The van der Waals surface area contributed by atoms with E-state index >= 15 is 0 Å². The van der Waals surface area contributed by atoms with Crippen molar-refractivity contribution in [1.29, 1.82) is 0 Å². The van der Waals surface area contributed by atoms with Crippen LogP contribution < -0.4 is 10.0 Å². The number of aryl methyl sites for hydroxylation is 1. The Balaban J connectivity index is 1.45. The third-order valence-electron chi connectivity index (χ3n) is 8.85. The van der Waals surface area contributed by atoms with Gasteiger partial charge in [0.2, 0.25) is 15.9 Å². The second-order valence-corrected chi connectivity index (χ2v) is 16.0. The molecule has 0 spiro atoms. The highest BCUT2D eigenvalue weighted by atomic mass is 32.2. The number of rotatable bonds is 13. The molecule has 12 heteroatoms. The maximum Gasteiger partial charge on any atom is 0.305 e. The smallest absolute Gasteiger partial charge is 0.305 e. The molecule has 3 heterocycles. The Morgan fingerprint density at radius 2 is 1.98 bits per heavy atom. The molecule has 2 aromatic carbocycles. The Bertz CT molecular complexity index is 1620. The number of likely N-dealkylation sites (tertiary alicyclic amines) is 1. The zero-order chi connectivity index (χ0) is 32.9. The second-order valence-electron chi connectivity index (χ2n) is 13.2. The first-order chi connectivity index (χ1) is 22.0. The van der Waals surface area contributed by atoms with Crippen LogP contribution in [0.25, 0.3) is 10.2 Å². The minimum absolute atomic E-state index is 0.0787. The van der Waals surface area contributed by atoms with Crippen LogP contribution >= 0.6 is 11.3 Å². The average Bonchev–Trinajstić information content (AvgIpc) is 3.42. The lowest BCUT2D eigenvalue weighted by Crippen LogP contribution is -2.51. The van der Waals surface area contributed by atoms with Crippen LogP contribution in [0.5, 0.6) is 0 Å². The Labute approximate surface area is 275 Å². The summed E-state index contributed by atoms with van der Waals surface area (Å²) in [5.74, 6) is -0.348. The number of fused-ring (bicyclic) bond motifs is 2. The number of sulfonamides is 1. The van der Waals surface area contributed by atoms with E-state index < -0.39 is 16.1 Å². The van der Waals surface area contributed by atoms with Gasteiger partial charge in [0.15, 0.2) is 0 Å². The summed E-state index contributed by atoms with van der Waals surface area (Å²) in [4.78, 5) is 32.5. The number of amides is 1. The lowest BCUT2D eigenvalue weighted by Gasteiger charge is -2.35. The number of benzene rings is 2. The van der Waals surface area contributed by atoms with E-state index in [1.165, 1.54) is 11.3 Å². The van der Waals surface area contributed by atoms with Gasteiger partial charge >= 0.3 is 5.97 Å². The number of thiazole rings is 1. The SMILES string of the molecule is CCOC(=O)CCCc1cc2c(c(S(=O)(=O)NC(Cc3nc4ccccc4s3)C(=O)N3CCC(CCF)CC3)c1)NCC(C)(C)C2. The van der Waals surface area contributed by atoms with Crippen molar-refractivity contribution in [3.05, 3.63) is 52.5 Å². The first kappa shape index (κ1) is 34.3. The van der Waals surface area contributed by atoms with Crippen LogP contribution in [0, 0.1) is 11.3 Å². The third-order valence-corrected chi connectivity index (χ3v) is 11.4. The van der Waals surface area contributed by atoms with Gasteiger partial charge in [0.25, 0.3) is 0 Å². The minimum atomic E-state index is -4.19. The van der Waals surface area contributed by atoms with Crippen molar-refractivity contribution < 1.29 is 27.1 Å². The van der Waals surface area contributed by atoms with E-state index in [4.69, 9.17) is 9.72 Å². The number of piperidine rings is 1. The summed E-state index contributed by atoms with van der Waals surface area (Å²) in [5.41, 5.74) is 2.99. The maximum absolute atomic E-state index is 14.3. The molecule has 2 aliphatic heterocycles. The number of aromatic nitrogens is 1. The fraction of sp³-hybridized carbons (Fsp3) is 0.559. The number of ether oxygens (including phenoxy) is 1. The Kier molecular flexibility index (Phi) is 11.0. The van der Waals surface area contributed by atoms with Crippen molar-refractivity contribution in [2.24, 2.45) is 11.3 Å². The summed E-state index contributed by atoms with van der Waals surface area (Å²) in [7, 11) is -4.19. The van der Waals surface area contributed by atoms with Gasteiger partial charge in [0.1, 0.15) is 10.9 Å². The van der Waals surface area contributed by atoms with Gasteiger partial charge in [0, 0.05) is 32.5 Å². The number of nitrogens with zero attached hydrogens (tertiary/aromatic N) is 2. The van der Waals surface area contributed by atoms with E-state index in [0.717, 1.165) is 21.3 Å². The molecule has 1 unspecified atom stereocenters. The summed E-state index contributed by atoms with van der Waals surface area (Å²) in [5, 5.41) is 4.04. The number of hydrogen-bond donors (Lipinski definition) is 2.